The van der Waals surface area contributed by atoms with Crippen LogP contribution in [0.4, 0.5) is 10.5 Å². The molecule has 7 heteroatoms. The lowest BCUT2D eigenvalue weighted by atomic mass is 10.1. The van der Waals surface area contributed by atoms with Gasteiger partial charge in [-0.05, 0) is 29.8 Å². The quantitative estimate of drug-likeness (QED) is 0.580. The maximum atomic E-state index is 12.6. The number of aliphatic imine (C=N–C) groups is 1. The third-order valence-electron chi connectivity index (χ3n) is 5.79. The first-order valence-electron chi connectivity index (χ1n) is 11.0. The van der Waals surface area contributed by atoms with Gasteiger partial charge in [0.15, 0.2) is 17.2 Å². The van der Waals surface area contributed by atoms with Crippen LogP contribution in [0.25, 0.3) is 0 Å². The minimum atomic E-state index is -0.294. The monoisotopic (exact) mass is 443 g/mol. The van der Waals surface area contributed by atoms with Gasteiger partial charge in [-0.3, -0.25) is 0 Å². The smallest absolute Gasteiger partial charge is 0.410 e. The molecule has 7 nitrogen and oxygen atoms in total. The lowest BCUT2D eigenvalue weighted by Crippen LogP contribution is -2.50. The molecule has 1 fully saturated rings. The van der Waals surface area contributed by atoms with E-state index in [1.165, 1.54) is 0 Å². The van der Waals surface area contributed by atoms with Crippen LogP contribution in [0, 0.1) is 0 Å². The van der Waals surface area contributed by atoms with Gasteiger partial charge in [-0.25, -0.2) is 9.79 Å². The summed E-state index contributed by atoms with van der Waals surface area (Å²) in [4.78, 5) is 21.5. The molecular formula is C26H25N3O4. The first-order valence-corrected chi connectivity index (χ1v) is 11.0. The zero-order chi connectivity index (χ0) is 22.6. The van der Waals surface area contributed by atoms with Crippen molar-refractivity contribution in [3.8, 4) is 17.2 Å². The number of para-hydroxylation sites is 3. The number of rotatable bonds is 3. The maximum absolute atomic E-state index is 12.6. The molecule has 1 saturated heterocycles. The summed E-state index contributed by atoms with van der Waals surface area (Å²) in [5, 5.41) is 0. The second kappa shape index (κ2) is 9.24. The number of benzene rings is 3. The summed E-state index contributed by atoms with van der Waals surface area (Å²) in [6, 6.07) is 23.2. The van der Waals surface area contributed by atoms with Gasteiger partial charge in [-0.2, -0.15) is 0 Å². The normalized spacial score (nSPS) is 14.9. The Labute approximate surface area is 192 Å². The number of amidine groups is 1. The minimum absolute atomic E-state index is 0.272. The van der Waals surface area contributed by atoms with E-state index in [1.54, 1.807) is 12.0 Å². The molecule has 1 amide bonds. The zero-order valence-electron chi connectivity index (χ0n) is 18.4. The van der Waals surface area contributed by atoms with Crippen LogP contribution in [-0.4, -0.2) is 55.0 Å². The second-order valence-electron chi connectivity index (χ2n) is 7.86. The maximum Gasteiger partial charge on any atom is 0.410 e. The SMILES string of the molecule is COc1cccc2c1Oc1ccccc1N=C2N1CCN(C(=O)OCc2ccccc2)CC1. The fraction of sp³-hybridized carbons (Fsp3) is 0.231. The molecule has 168 valence electrons. The minimum Gasteiger partial charge on any atom is -0.493 e. The number of piperazine rings is 1. The molecule has 3 aromatic rings. The van der Waals surface area contributed by atoms with Crippen molar-refractivity contribution in [2.45, 2.75) is 6.61 Å². The predicted molar refractivity (Wildman–Crippen MR) is 125 cm³/mol. The summed E-state index contributed by atoms with van der Waals surface area (Å²) >= 11 is 0. The van der Waals surface area contributed by atoms with Crippen molar-refractivity contribution >= 4 is 17.6 Å². The van der Waals surface area contributed by atoms with Crippen molar-refractivity contribution in [2.24, 2.45) is 4.99 Å². The van der Waals surface area contributed by atoms with Gasteiger partial charge in [-0.1, -0.05) is 48.5 Å². The van der Waals surface area contributed by atoms with Gasteiger partial charge in [0.2, 0.25) is 0 Å². The number of amides is 1. The Bertz CT molecular complexity index is 1170. The van der Waals surface area contributed by atoms with E-state index >= 15 is 0 Å². The lowest BCUT2D eigenvalue weighted by molar-refractivity contribution is 0.0826. The Hall–Kier alpha value is -4.00. The molecule has 0 bridgehead atoms. The Kier molecular flexibility index (Phi) is 5.85. The van der Waals surface area contributed by atoms with Crippen molar-refractivity contribution in [2.75, 3.05) is 33.3 Å². The number of methoxy groups -OCH3 is 1. The van der Waals surface area contributed by atoms with Crippen molar-refractivity contribution in [1.82, 2.24) is 9.80 Å². The van der Waals surface area contributed by atoms with E-state index in [0.717, 1.165) is 22.6 Å². The van der Waals surface area contributed by atoms with Crippen LogP contribution in [0.3, 0.4) is 0 Å². The third kappa shape index (κ3) is 4.35. The molecular weight excluding hydrogens is 418 g/mol. The van der Waals surface area contributed by atoms with Crippen molar-refractivity contribution in [3.05, 3.63) is 83.9 Å². The summed E-state index contributed by atoms with van der Waals surface area (Å²) in [5.74, 6) is 2.79. The van der Waals surface area contributed by atoms with Gasteiger partial charge in [0, 0.05) is 26.2 Å². The Balaban J connectivity index is 1.33. The van der Waals surface area contributed by atoms with E-state index in [9.17, 15) is 4.79 Å². The van der Waals surface area contributed by atoms with Gasteiger partial charge in [-0.15, -0.1) is 0 Å². The zero-order valence-corrected chi connectivity index (χ0v) is 18.4. The van der Waals surface area contributed by atoms with Crippen molar-refractivity contribution in [3.63, 3.8) is 0 Å². The number of carbonyl (C=O) groups is 1. The molecule has 0 unspecified atom stereocenters. The molecule has 2 aliphatic heterocycles. The van der Waals surface area contributed by atoms with Gasteiger partial charge in [0.1, 0.15) is 18.1 Å². The summed E-state index contributed by atoms with van der Waals surface area (Å²) in [6.45, 7) is 2.65. The standard InChI is InChI=1S/C26H25N3O4/c1-31-23-13-7-10-20-24(23)33-22-12-6-5-11-21(22)27-25(20)28-14-16-29(17-15-28)26(30)32-18-19-8-3-2-4-9-19/h2-13H,14-18H2,1H3. The van der Waals surface area contributed by atoms with Gasteiger partial charge >= 0.3 is 6.09 Å². The van der Waals surface area contributed by atoms with Gasteiger partial charge in [0.05, 0.1) is 12.7 Å². The van der Waals surface area contributed by atoms with E-state index < -0.39 is 0 Å². The van der Waals surface area contributed by atoms with E-state index in [4.69, 9.17) is 19.2 Å². The fourth-order valence-corrected chi connectivity index (χ4v) is 4.03. The number of ether oxygens (including phenoxy) is 3. The highest BCUT2D eigenvalue weighted by atomic mass is 16.6. The fourth-order valence-electron chi connectivity index (χ4n) is 4.03. The van der Waals surface area contributed by atoms with E-state index in [2.05, 4.69) is 4.90 Å². The number of fused-ring (bicyclic) bond motifs is 2. The largest absolute Gasteiger partial charge is 0.493 e. The van der Waals surface area contributed by atoms with Crippen LogP contribution < -0.4 is 9.47 Å². The van der Waals surface area contributed by atoms with Crippen molar-refractivity contribution in [1.29, 1.82) is 0 Å². The van der Waals surface area contributed by atoms with E-state index in [1.807, 2.05) is 72.8 Å². The summed E-state index contributed by atoms with van der Waals surface area (Å²) in [6.07, 6.45) is -0.294. The van der Waals surface area contributed by atoms with Crippen molar-refractivity contribution < 1.29 is 19.0 Å². The summed E-state index contributed by atoms with van der Waals surface area (Å²) in [7, 11) is 1.63. The molecule has 3 aromatic carbocycles. The van der Waals surface area contributed by atoms with E-state index in [0.29, 0.717) is 43.4 Å². The molecule has 0 aromatic heterocycles. The average Bonchev–Trinajstić information content (AvgIpc) is 3.05. The molecule has 5 rings (SSSR count). The van der Waals surface area contributed by atoms with Gasteiger partial charge in [0.25, 0.3) is 0 Å². The highest BCUT2D eigenvalue weighted by molar-refractivity contribution is 6.04. The molecule has 2 heterocycles. The van der Waals surface area contributed by atoms with Crippen LogP contribution in [-0.2, 0) is 11.3 Å². The average molecular weight is 444 g/mol. The van der Waals surface area contributed by atoms with Crippen LogP contribution in [0.5, 0.6) is 17.2 Å². The Morgan fingerprint density at radius 1 is 0.939 bits per heavy atom. The van der Waals surface area contributed by atoms with Gasteiger partial charge < -0.3 is 24.0 Å². The number of hydrogen-bond acceptors (Lipinski definition) is 6. The first kappa shape index (κ1) is 20.9. The molecule has 0 spiro atoms. The highest BCUT2D eigenvalue weighted by Crippen LogP contribution is 2.42. The van der Waals surface area contributed by atoms with Crippen LogP contribution in [0.1, 0.15) is 11.1 Å². The topological polar surface area (TPSA) is 63.6 Å². The third-order valence-corrected chi connectivity index (χ3v) is 5.79. The summed E-state index contributed by atoms with van der Waals surface area (Å²) in [5.41, 5.74) is 2.60. The number of hydrogen-bond donors (Lipinski definition) is 0. The second-order valence-corrected chi connectivity index (χ2v) is 7.86. The summed E-state index contributed by atoms with van der Waals surface area (Å²) < 4.78 is 17.3. The molecule has 0 saturated carbocycles. The number of nitrogens with zero attached hydrogens (tertiary/aromatic N) is 3. The van der Waals surface area contributed by atoms with Crippen LogP contribution in [0.2, 0.25) is 0 Å². The predicted octanol–water partition coefficient (Wildman–Crippen LogP) is 4.83. The lowest BCUT2D eigenvalue weighted by Gasteiger charge is -2.36. The molecule has 2 aliphatic rings. The van der Waals surface area contributed by atoms with Crippen LogP contribution in [0.15, 0.2) is 77.8 Å². The highest BCUT2D eigenvalue weighted by Gasteiger charge is 2.29. The molecule has 0 radical (unpaired) electrons. The number of carbonyl (C=O) groups excluding carboxylic acids is 1. The first-order chi connectivity index (χ1) is 16.2. The van der Waals surface area contributed by atoms with E-state index in [-0.39, 0.29) is 12.7 Å². The van der Waals surface area contributed by atoms with Crippen LogP contribution >= 0.6 is 0 Å². The molecule has 0 atom stereocenters. The Morgan fingerprint density at radius 2 is 1.70 bits per heavy atom. The molecule has 33 heavy (non-hydrogen) atoms. The molecule has 0 N–H and O–H groups in total. The molecule has 0 aliphatic carbocycles. The Morgan fingerprint density at radius 3 is 2.48 bits per heavy atom.